The lowest BCUT2D eigenvalue weighted by molar-refractivity contribution is -0.129. The van der Waals surface area contributed by atoms with Crippen molar-refractivity contribution in [2.45, 2.75) is 13.0 Å². The van der Waals surface area contributed by atoms with Crippen LogP contribution in [-0.2, 0) is 11.3 Å². The first-order chi connectivity index (χ1) is 7.67. The van der Waals surface area contributed by atoms with E-state index < -0.39 is 0 Å². The van der Waals surface area contributed by atoms with E-state index in [1.807, 2.05) is 24.3 Å². The van der Waals surface area contributed by atoms with Gasteiger partial charge in [-0.25, -0.2) is 0 Å². The van der Waals surface area contributed by atoms with Crippen molar-refractivity contribution in [1.82, 2.24) is 4.90 Å². The summed E-state index contributed by atoms with van der Waals surface area (Å²) in [5.41, 5.74) is 1.08. The molecule has 0 N–H and O–H groups in total. The second-order valence-corrected chi connectivity index (χ2v) is 3.91. The molecule has 0 saturated carbocycles. The van der Waals surface area contributed by atoms with Gasteiger partial charge in [-0.05, 0) is 17.7 Å². The molecule has 1 amide bonds. The molecular formula is C12H16ClNO2. The van der Waals surface area contributed by atoms with Gasteiger partial charge in [-0.1, -0.05) is 12.1 Å². The molecule has 0 spiro atoms. The van der Waals surface area contributed by atoms with Crippen LogP contribution in [0.3, 0.4) is 0 Å². The molecule has 1 rings (SSSR count). The second-order valence-electron chi connectivity index (χ2n) is 3.54. The SMILES string of the molecule is COc1ccc(CN(C)C(=O)CCCl)cc1. The van der Waals surface area contributed by atoms with Gasteiger partial charge in [0.1, 0.15) is 5.75 Å². The Labute approximate surface area is 101 Å². The fraction of sp³-hybridized carbons (Fsp3) is 0.417. The van der Waals surface area contributed by atoms with Crippen molar-refractivity contribution in [2.75, 3.05) is 20.0 Å². The Morgan fingerprint density at radius 1 is 1.38 bits per heavy atom. The fourth-order valence-electron chi connectivity index (χ4n) is 1.36. The Morgan fingerprint density at radius 3 is 2.50 bits per heavy atom. The van der Waals surface area contributed by atoms with E-state index in [-0.39, 0.29) is 5.91 Å². The molecule has 16 heavy (non-hydrogen) atoms. The largest absolute Gasteiger partial charge is 0.497 e. The van der Waals surface area contributed by atoms with E-state index in [4.69, 9.17) is 16.3 Å². The number of carbonyl (C=O) groups excluding carboxylic acids is 1. The van der Waals surface area contributed by atoms with E-state index in [1.165, 1.54) is 0 Å². The van der Waals surface area contributed by atoms with Crippen molar-refractivity contribution in [3.8, 4) is 5.75 Å². The number of hydrogen-bond acceptors (Lipinski definition) is 2. The minimum Gasteiger partial charge on any atom is -0.497 e. The molecule has 0 saturated heterocycles. The van der Waals surface area contributed by atoms with Gasteiger partial charge in [0.05, 0.1) is 7.11 Å². The molecule has 0 aliphatic carbocycles. The summed E-state index contributed by atoms with van der Waals surface area (Å²) in [4.78, 5) is 13.2. The number of methoxy groups -OCH3 is 1. The highest BCUT2D eigenvalue weighted by atomic mass is 35.5. The summed E-state index contributed by atoms with van der Waals surface area (Å²) in [6.07, 6.45) is 0.383. The van der Waals surface area contributed by atoms with Crippen molar-refractivity contribution in [3.63, 3.8) is 0 Å². The molecule has 88 valence electrons. The van der Waals surface area contributed by atoms with Crippen LogP contribution < -0.4 is 4.74 Å². The Morgan fingerprint density at radius 2 is 2.00 bits per heavy atom. The number of carbonyl (C=O) groups is 1. The van der Waals surface area contributed by atoms with E-state index in [2.05, 4.69) is 0 Å². The number of halogens is 1. The van der Waals surface area contributed by atoms with Crippen LogP contribution in [0.2, 0.25) is 0 Å². The summed E-state index contributed by atoms with van der Waals surface area (Å²) in [5.74, 6) is 1.25. The molecular weight excluding hydrogens is 226 g/mol. The van der Waals surface area contributed by atoms with Gasteiger partial charge in [-0.2, -0.15) is 0 Å². The highest BCUT2D eigenvalue weighted by molar-refractivity contribution is 6.18. The molecule has 1 aromatic rings. The molecule has 0 unspecified atom stereocenters. The minimum atomic E-state index is 0.0609. The van der Waals surface area contributed by atoms with Gasteiger partial charge in [0.25, 0.3) is 0 Å². The predicted octanol–water partition coefficient (Wildman–Crippen LogP) is 2.28. The molecule has 0 bridgehead atoms. The lowest BCUT2D eigenvalue weighted by Crippen LogP contribution is -2.26. The van der Waals surface area contributed by atoms with Crippen LogP contribution in [0.25, 0.3) is 0 Å². The third-order valence-corrected chi connectivity index (χ3v) is 2.50. The lowest BCUT2D eigenvalue weighted by Gasteiger charge is -2.16. The fourth-order valence-corrected chi connectivity index (χ4v) is 1.53. The average molecular weight is 242 g/mol. The summed E-state index contributed by atoms with van der Waals surface area (Å²) < 4.78 is 5.06. The van der Waals surface area contributed by atoms with E-state index in [1.54, 1.807) is 19.1 Å². The Hall–Kier alpha value is -1.22. The van der Waals surface area contributed by atoms with Gasteiger partial charge in [0.2, 0.25) is 5.91 Å². The summed E-state index contributed by atoms with van der Waals surface area (Å²) >= 11 is 5.52. The van der Waals surface area contributed by atoms with Crippen molar-refractivity contribution in [2.24, 2.45) is 0 Å². The number of rotatable bonds is 5. The van der Waals surface area contributed by atoms with Gasteiger partial charge in [-0.3, -0.25) is 4.79 Å². The Balaban J connectivity index is 2.55. The summed E-state index contributed by atoms with van der Waals surface area (Å²) in [5, 5.41) is 0. The zero-order valence-corrected chi connectivity index (χ0v) is 10.3. The van der Waals surface area contributed by atoms with Crippen molar-refractivity contribution in [1.29, 1.82) is 0 Å². The minimum absolute atomic E-state index is 0.0609. The smallest absolute Gasteiger partial charge is 0.223 e. The second kappa shape index (κ2) is 6.38. The number of hydrogen-bond donors (Lipinski definition) is 0. The third kappa shape index (κ3) is 3.74. The first-order valence-electron chi connectivity index (χ1n) is 5.10. The van der Waals surface area contributed by atoms with Gasteiger partial charge in [0.15, 0.2) is 0 Å². The van der Waals surface area contributed by atoms with Crippen LogP contribution in [0.1, 0.15) is 12.0 Å². The van der Waals surface area contributed by atoms with E-state index in [0.717, 1.165) is 11.3 Å². The third-order valence-electron chi connectivity index (χ3n) is 2.31. The molecule has 0 fully saturated rings. The van der Waals surface area contributed by atoms with Gasteiger partial charge in [-0.15, -0.1) is 11.6 Å². The number of ether oxygens (including phenoxy) is 1. The lowest BCUT2D eigenvalue weighted by atomic mass is 10.2. The topological polar surface area (TPSA) is 29.5 Å². The van der Waals surface area contributed by atoms with Crippen LogP contribution in [0.5, 0.6) is 5.75 Å². The highest BCUT2D eigenvalue weighted by Gasteiger charge is 2.07. The average Bonchev–Trinajstić information content (AvgIpc) is 2.30. The molecule has 4 heteroatoms. The van der Waals surface area contributed by atoms with Crippen molar-refractivity contribution >= 4 is 17.5 Å². The Kier molecular flexibility index (Phi) is 5.12. The number of alkyl halides is 1. The van der Waals surface area contributed by atoms with Crippen LogP contribution in [0, 0.1) is 0 Å². The maximum absolute atomic E-state index is 11.5. The predicted molar refractivity (Wildman–Crippen MR) is 64.8 cm³/mol. The van der Waals surface area contributed by atoms with E-state index in [0.29, 0.717) is 18.8 Å². The molecule has 3 nitrogen and oxygen atoms in total. The molecule has 0 atom stereocenters. The highest BCUT2D eigenvalue weighted by Crippen LogP contribution is 2.12. The molecule has 0 aliphatic rings. The summed E-state index contributed by atoms with van der Waals surface area (Å²) in [6, 6.07) is 7.66. The van der Waals surface area contributed by atoms with Crippen LogP contribution in [0.4, 0.5) is 0 Å². The maximum atomic E-state index is 11.5. The Bertz CT molecular complexity index is 337. The van der Waals surface area contributed by atoms with Crippen LogP contribution in [-0.4, -0.2) is 30.8 Å². The maximum Gasteiger partial charge on any atom is 0.223 e. The zero-order chi connectivity index (χ0) is 12.0. The zero-order valence-electron chi connectivity index (χ0n) is 9.57. The van der Waals surface area contributed by atoms with Crippen LogP contribution >= 0.6 is 11.6 Å². The first-order valence-corrected chi connectivity index (χ1v) is 5.63. The number of amides is 1. The normalized spacial score (nSPS) is 9.94. The van der Waals surface area contributed by atoms with Gasteiger partial charge >= 0.3 is 0 Å². The summed E-state index contributed by atoms with van der Waals surface area (Å²) in [7, 11) is 3.41. The van der Waals surface area contributed by atoms with Gasteiger partial charge < -0.3 is 9.64 Å². The summed E-state index contributed by atoms with van der Waals surface area (Å²) in [6.45, 7) is 0.597. The molecule has 1 aromatic carbocycles. The first kappa shape index (κ1) is 12.8. The van der Waals surface area contributed by atoms with E-state index in [9.17, 15) is 4.79 Å². The molecule has 0 aromatic heterocycles. The monoisotopic (exact) mass is 241 g/mol. The van der Waals surface area contributed by atoms with Crippen LogP contribution in [0.15, 0.2) is 24.3 Å². The van der Waals surface area contributed by atoms with Crippen molar-refractivity contribution in [3.05, 3.63) is 29.8 Å². The molecule has 0 radical (unpaired) electrons. The number of nitrogens with zero attached hydrogens (tertiary/aromatic N) is 1. The van der Waals surface area contributed by atoms with E-state index >= 15 is 0 Å². The number of benzene rings is 1. The van der Waals surface area contributed by atoms with Crippen molar-refractivity contribution < 1.29 is 9.53 Å². The standard InChI is InChI=1S/C12H16ClNO2/c1-14(12(15)7-8-13)9-10-3-5-11(16-2)6-4-10/h3-6H,7-9H2,1-2H3. The molecule has 0 heterocycles. The molecule has 0 aliphatic heterocycles. The van der Waals surface area contributed by atoms with Gasteiger partial charge in [0, 0.05) is 25.9 Å². The quantitative estimate of drug-likeness (QED) is 0.741.